The maximum absolute atomic E-state index is 12.8. The zero-order chi connectivity index (χ0) is 17.7. The largest absolute Gasteiger partial charge is 0.417 e. The lowest BCUT2D eigenvalue weighted by molar-refractivity contribution is -0.137. The summed E-state index contributed by atoms with van der Waals surface area (Å²) in [7, 11) is -1.93. The molecule has 0 atom stereocenters. The Morgan fingerprint density at radius 2 is 1.88 bits per heavy atom. The van der Waals surface area contributed by atoms with Gasteiger partial charge in [-0.2, -0.15) is 13.2 Å². The standard InChI is InChI=1S/C15H12F3N3O2S/c1-21-12(11-3-4-19-8-13(11)24(2,22)23)6-9-5-10(15(16,17)18)7-20-14(9)21/h3-8H,1-2H3. The van der Waals surface area contributed by atoms with Crippen molar-refractivity contribution >= 4 is 20.9 Å². The summed E-state index contributed by atoms with van der Waals surface area (Å²) in [6.07, 6.45) is -0.0365. The van der Waals surface area contributed by atoms with Gasteiger partial charge in [0.2, 0.25) is 0 Å². The normalized spacial score (nSPS) is 12.7. The molecule has 0 saturated carbocycles. The van der Waals surface area contributed by atoms with E-state index in [1.165, 1.54) is 24.5 Å². The van der Waals surface area contributed by atoms with Gasteiger partial charge in [-0.1, -0.05) is 0 Å². The van der Waals surface area contributed by atoms with E-state index in [1.54, 1.807) is 11.6 Å². The van der Waals surface area contributed by atoms with E-state index in [2.05, 4.69) is 9.97 Å². The van der Waals surface area contributed by atoms with Gasteiger partial charge in [-0.25, -0.2) is 13.4 Å². The minimum Gasteiger partial charge on any atom is -0.328 e. The third kappa shape index (κ3) is 2.75. The lowest BCUT2D eigenvalue weighted by Gasteiger charge is -2.08. The Bertz CT molecular complexity index is 1040. The first kappa shape index (κ1) is 16.4. The van der Waals surface area contributed by atoms with Crippen LogP contribution in [0, 0.1) is 0 Å². The zero-order valence-electron chi connectivity index (χ0n) is 12.7. The fourth-order valence-electron chi connectivity index (χ4n) is 2.52. The molecule has 0 spiro atoms. The van der Waals surface area contributed by atoms with Crippen molar-refractivity contribution in [2.24, 2.45) is 7.05 Å². The van der Waals surface area contributed by atoms with E-state index in [1.807, 2.05) is 0 Å². The predicted molar refractivity (Wildman–Crippen MR) is 82.1 cm³/mol. The highest BCUT2D eigenvalue weighted by Gasteiger charge is 2.31. The monoisotopic (exact) mass is 355 g/mol. The molecule has 0 unspecified atom stereocenters. The number of hydrogen-bond acceptors (Lipinski definition) is 4. The number of fused-ring (bicyclic) bond motifs is 1. The van der Waals surface area contributed by atoms with Gasteiger partial charge in [-0.05, 0) is 18.2 Å². The second-order valence-corrected chi connectivity index (χ2v) is 7.35. The van der Waals surface area contributed by atoms with Gasteiger partial charge in [-0.3, -0.25) is 4.98 Å². The topological polar surface area (TPSA) is 64.8 Å². The van der Waals surface area contributed by atoms with Crippen molar-refractivity contribution in [3.8, 4) is 11.3 Å². The van der Waals surface area contributed by atoms with Crippen molar-refractivity contribution in [1.29, 1.82) is 0 Å². The summed E-state index contributed by atoms with van der Waals surface area (Å²) < 4.78 is 63.9. The number of aryl methyl sites for hydroxylation is 1. The first-order valence-electron chi connectivity index (χ1n) is 6.76. The molecule has 0 aliphatic rings. The van der Waals surface area contributed by atoms with Gasteiger partial charge in [0.15, 0.2) is 9.84 Å². The van der Waals surface area contributed by atoms with Crippen LogP contribution in [0.2, 0.25) is 0 Å². The third-order valence-corrected chi connectivity index (χ3v) is 4.78. The quantitative estimate of drug-likeness (QED) is 0.709. The summed E-state index contributed by atoms with van der Waals surface area (Å²) in [4.78, 5) is 7.68. The molecule has 3 heterocycles. The molecule has 0 saturated heterocycles. The highest BCUT2D eigenvalue weighted by Crippen LogP contribution is 2.34. The molecule has 24 heavy (non-hydrogen) atoms. The SMILES string of the molecule is Cn1c(-c2ccncc2S(C)(=O)=O)cc2cc(C(F)(F)F)cnc21. The smallest absolute Gasteiger partial charge is 0.328 e. The molecule has 0 aliphatic heterocycles. The molecule has 0 N–H and O–H groups in total. The van der Waals surface area contributed by atoms with Crippen LogP contribution in [0.15, 0.2) is 41.7 Å². The molecule has 5 nitrogen and oxygen atoms in total. The second kappa shape index (κ2) is 5.30. The van der Waals surface area contributed by atoms with Crippen molar-refractivity contribution < 1.29 is 21.6 Å². The average Bonchev–Trinajstić information content (AvgIpc) is 2.82. The highest BCUT2D eigenvalue weighted by molar-refractivity contribution is 7.90. The van der Waals surface area contributed by atoms with Gasteiger partial charge in [0, 0.05) is 42.8 Å². The van der Waals surface area contributed by atoms with Crippen LogP contribution in [0.25, 0.3) is 22.3 Å². The molecule has 0 bridgehead atoms. The summed E-state index contributed by atoms with van der Waals surface area (Å²) in [6, 6.07) is 3.99. The van der Waals surface area contributed by atoms with Gasteiger partial charge in [0.05, 0.1) is 16.2 Å². The van der Waals surface area contributed by atoms with Gasteiger partial charge < -0.3 is 4.57 Å². The minimum atomic E-state index is -4.49. The van der Waals surface area contributed by atoms with Crippen molar-refractivity contribution in [3.63, 3.8) is 0 Å². The first-order valence-corrected chi connectivity index (χ1v) is 8.65. The number of sulfone groups is 1. The van der Waals surface area contributed by atoms with Crippen molar-refractivity contribution in [1.82, 2.24) is 14.5 Å². The van der Waals surface area contributed by atoms with Gasteiger partial charge >= 0.3 is 6.18 Å². The van der Waals surface area contributed by atoms with Crippen molar-refractivity contribution in [2.75, 3.05) is 6.26 Å². The van der Waals surface area contributed by atoms with Gasteiger partial charge in [-0.15, -0.1) is 0 Å². The molecule has 0 radical (unpaired) electrons. The number of rotatable bonds is 2. The Labute approximate surface area is 135 Å². The van der Waals surface area contributed by atoms with E-state index >= 15 is 0 Å². The molecule has 0 aliphatic carbocycles. The van der Waals surface area contributed by atoms with Crippen molar-refractivity contribution in [2.45, 2.75) is 11.1 Å². The molecule has 3 rings (SSSR count). The number of alkyl halides is 3. The fraction of sp³-hybridized carbons (Fsp3) is 0.200. The summed E-state index contributed by atoms with van der Waals surface area (Å²) in [5.74, 6) is 0. The molecule has 126 valence electrons. The van der Waals surface area contributed by atoms with E-state index < -0.39 is 21.6 Å². The molecule has 9 heteroatoms. The Morgan fingerprint density at radius 3 is 2.50 bits per heavy atom. The van der Waals surface area contributed by atoms with Crippen LogP contribution in [-0.4, -0.2) is 29.2 Å². The molecule has 0 amide bonds. The molecular weight excluding hydrogens is 343 g/mol. The average molecular weight is 355 g/mol. The van der Waals surface area contributed by atoms with E-state index in [0.29, 0.717) is 16.9 Å². The summed E-state index contributed by atoms with van der Waals surface area (Å²) in [5.41, 5.74) is 0.278. The van der Waals surface area contributed by atoms with Crippen LogP contribution in [-0.2, 0) is 23.1 Å². The van der Waals surface area contributed by atoms with Crippen LogP contribution >= 0.6 is 0 Å². The number of nitrogens with zero attached hydrogens (tertiary/aromatic N) is 3. The zero-order valence-corrected chi connectivity index (χ0v) is 13.5. The van der Waals surface area contributed by atoms with E-state index in [9.17, 15) is 21.6 Å². The molecule has 3 aromatic heterocycles. The van der Waals surface area contributed by atoms with Crippen LogP contribution in [0.4, 0.5) is 13.2 Å². The summed E-state index contributed by atoms with van der Waals surface area (Å²) in [5, 5.41) is 0.276. The maximum atomic E-state index is 12.8. The van der Waals surface area contributed by atoms with Gasteiger partial charge in [0.25, 0.3) is 0 Å². The van der Waals surface area contributed by atoms with Crippen LogP contribution in [0.3, 0.4) is 0 Å². The van der Waals surface area contributed by atoms with Crippen LogP contribution in [0.5, 0.6) is 0 Å². The Balaban J connectivity index is 2.28. The highest BCUT2D eigenvalue weighted by atomic mass is 32.2. The lowest BCUT2D eigenvalue weighted by atomic mass is 10.2. The molecular formula is C15H12F3N3O2S. The number of pyridine rings is 2. The first-order chi connectivity index (χ1) is 11.1. The summed E-state index contributed by atoms with van der Waals surface area (Å²) in [6.45, 7) is 0. The van der Waals surface area contributed by atoms with Gasteiger partial charge in [0.1, 0.15) is 5.65 Å². The predicted octanol–water partition coefficient (Wildman–Crippen LogP) is 3.06. The fourth-order valence-corrected chi connectivity index (χ4v) is 3.34. The van der Waals surface area contributed by atoms with Crippen LogP contribution < -0.4 is 0 Å². The van der Waals surface area contributed by atoms with E-state index in [-0.39, 0.29) is 10.3 Å². The molecule has 3 aromatic rings. The number of hydrogen-bond donors (Lipinski definition) is 0. The molecule has 0 aromatic carbocycles. The Morgan fingerprint density at radius 1 is 1.17 bits per heavy atom. The minimum absolute atomic E-state index is 0.00644. The number of halogens is 3. The van der Waals surface area contributed by atoms with Crippen LogP contribution in [0.1, 0.15) is 5.56 Å². The van der Waals surface area contributed by atoms with E-state index in [0.717, 1.165) is 18.5 Å². The number of aromatic nitrogens is 3. The summed E-state index contributed by atoms with van der Waals surface area (Å²) >= 11 is 0. The Hall–Kier alpha value is -2.42. The second-order valence-electron chi connectivity index (χ2n) is 5.37. The lowest BCUT2D eigenvalue weighted by Crippen LogP contribution is -2.05. The van der Waals surface area contributed by atoms with E-state index in [4.69, 9.17) is 0 Å². The maximum Gasteiger partial charge on any atom is 0.417 e. The Kier molecular flexibility index (Phi) is 3.63. The molecule has 0 fully saturated rings. The third-order valence-electron chi connectivity index (χ3n) is 3.65. The van der Waals surface area contributed by atoms with Crippen molar-refractivity contribution in [3.05, 3.63) is 42.4 Å².